The van der Waals surface area contributed by atoms with Gasteiger partial charge in [-0.05, 0) is 25.3 Å². The topological polar surface area (TPSA) is 75.7 Å². The van der Waals surface area contributed by atoms with E-state index in [0.29, 0.717) is 18.8 Å². The molecule has 96 valence electrons. The fraction of sp³-hybridized carbons (Fsp3) is 0.538. The summed E-state index contributed by atoms with van der Waals surface area (Å²) in [7, 11) is 0. The molecule has 0 heterocycles. The Morgan fingerprint density at radius 2 is 2.12 bits per heavy atom. The maximum atomic E-state index is 10.0. The van der Waals surface area contributed by atoms with Crippen molar-refractivity contribution in [2.24, 2.45) is 5.73 Å². The molecule has 17 heavy (non-hydrogen) atoms. The van der Waals surface area contributed by atoms with E-state index in [2.05, 4.69) is 0 Å². The van der Waals surface area contributed by atoms with Crippen LogP contribution in [0.3, 0.4) is 0 Å². The van der Waals surface area contributed by atoms with E-state index in [1.165, 1.54) is 0 Å². The second kappa shape index (κ2) is 6.47. The lowest BCUT2D eigenvalue weighted by Gasteiger charge is -2.18. The van der Waals surface area contributed by atoms with E-state index >= 15 is 0 Å². The smallest absolute Gasteiger partial charge is 0.161 e. The van der Waals surface area contributed by atoms with Gasteiger partial charge in [-0.1, -0.05) is 19.1 Å². The van der Waals surface area contributed by atoms with Gasteiger partial charge in [0.05, 0.1) is 12.7 Å². The zero-order valence-electron chi connectivity index (χ0n) is 10.4. The largest absolute Gasteiger partial charge is 0.504 e. The van der Waals surface area contributed by atoms with Gasteiger partial charge < -0.3 is 20.7 Å². The average Bonchev–Trinajstić information content (AvgIpc) is 2.31. The normalized spacial score (nSPS) is 14.4. The van der Waals surface area contributed by atoms with Gasteiger partial charge in [0, 0.05) is 12.1 Å². The van der Waals surface area contributed by atoms with E-state index < -0.39 is 6.10 Å². The molecule has 0 bridgehead atoms. The fourth-order valence-electron chi connectivity index (χ4n) is 1.84. The number of phenols is 1. The van der Waals surface area contributed by atoms with Gasteiger partial charge >= 0.3 is 0 Å². The van der Waals surface area contributed by atoms with Crippen LogP contribution in [-0.4, -0.2) is 29.5 Å². The zero-order chi connectivity index (χ0) is 12.8. The molecule has 2 atom stereocenters. The third kappa shape index (κ3) is 3.61. The highest BCUT2D eigenvalue weighted by Gasteiger charge is 2.16. The van der Waals surface area contributed by atoms with Crippen LogP contribution in [0.2, 0.25) is 0 Å². The Kier molecular flexibility index (Phi) is 5.25. The van der Waals surface area contributed by atoms with Crippen molar-refractivity contribution >= 4 is 0 Å². The summed E-state index contributed by atoms with van der Waals surface area (Å²) in [5, 5.41) is 19.6. The summed E-state index contributed by atoms with van der Waals surface area (Å²) >= 11 is 0. The number of hydrogen-bond donors (Lipinski definition) is 3. The summed E-state index contributed by atoms with van der Waals surface area (Å²) in [4.78, 5) is 0. The zero-order valence-corrected chi connectivity index (χ0v) is 10.4. The minimum Gasteiger partial charge on any atom is -0.504 e. The molecule has 4 nitrogen and oxygen atoms in total. The average molecular weight is 239 g/mol. The molecule has 0 saturated carbocycles. The molecule has 2 unspecified atom stereocenters. The Hall–Kier alpha value is -1.26. The van der Waals surface area contributed by atoms with Crippen LogP contribution in [-0.2, 0) is 0 Å². The van der Waals surface area contributed by atoms with E-state index in [1.54, 1.807) is 6.07 Å². The van der Waals surface area contributed by atoms with Crippen molar-refractivity contribution in [1.29, 1.82) is 0 Å². The van der Waals surface area contributed by atoms with Gasteiger partial charge in [0.15, 0.2) is 11.5 Å². The van der Waals surface area contributed by atoms with Crippen LogP contribution in [0.5, 0.6) is 11.5 Å². The minimum atomic E-state index is -0.542. The van der Waals surface area contributed by atoms with Crippen molar-refractivity contribution < 1.29 is 14.9 Å². The van der Waals surface area contributed by atoms with E-state index in [9.17, 15) is 10.2 Å². The Bertz CT molecular complexity index is 355. The number of hydrogen-bond acceptors (Lipinski definition) is 4. The second-order valence-corrected chi connectivity index (χ2v) is 4.15. The van der Waals surface area contributed by atoms with Crippen molar-refractivity contribution in [1.82, 2.24) is 0 Å². The van der Waals surface area contributed by atoms with Gasteiger partial charge in [-0.2, -0.15) is 0 Å². The first-order valence-electron chi connectivity index (χ1n) is 5.92. The number of phenolic OH excluding ortho intramolecular Hbond substituents is 1. The summed E-state index contributed by atoms with van der Waals surface area (Å²) in [6.45, 7) is 4.56. The third-order valence-corrected chi connectivity index (χ3v) is 2.76. The van der Waals surface area contributed by atoms with Crippen molar-refractivity contribution in [3.8, 4) is 11.5 Å². The molecular formula is C13H21NO3. The molecule has 0 aliphatic heterocycles. The number of benzene rings is 1. The first-order chi connectivity index (χ1) is 8.10. The molecule has 0 saturated heterocycles. The van der Waals surface area contributed by atoms with E-state index in [0.717, 1.165) is 5.56 Å². The maximum absolute atomic E-state index is 10.0. The van der Waals surface area contributed by atoms with E-state index in [-0.39, 0.29) is 18.2 Å². The predicted molar refractivity (Wildman–Crippen MR) is 67.4 cm³/mol. The third-order valence-electron chi connectivity index (χ3n) is 2.76. The SMILES string of the molecule is CCOc1cccc(C(C)CC(O)CN)c1O. The lowest BCUT2D eigenvalue weighted by atomic mass is 9.94. The molecule has 0 aromatic heterocycles. The molecule has 1 aromatic carbocycles. The highest BCUT2D eigenvalue weighted by atomic mass is 16.5. The first-order valence-corrected chi connectivity index (χ1v) is 5.92. The predicted octanol–water partition coefficient (Wildman–Crippen LogP) is 1.60. The molecule has 4 heteroatoms. The highest BCUT2D eigenvalue weighted by molar-refractivity contribution is 5.46. The van der Waals surface area contributed by atoms with Crippen LogP contribution in [0.1, 0.15) is 31.7 Å². The lowest BCUT2D eigenvalue weighted by molar-refractivity contribution is 0.164. The monoisotopic (exact) mass is 239 g/mol. The molecule has 0 radical (unpaired) electrons. The molecular weight excluding hydrogens is 218 g/mol. The van der Waals surface area contributed by atoms with Crippen LogP contribution < -0.4 is 10.5 Å². The Morgan fingerprint density at radius 3 is 2.71 bits per heavy atom. The number of ether oxygens (including phenoxy) is 1. The molecule has 0 spiro atoms. The van der Waals surface area contributed by atoms with Gasteiger partial charge in [0.25, 0.3) is 0 Å². The number of rotatable bonds is 6. The van der Waals surface area contributed by atoms with Gasteiger partial charge in [-0.3, -0.25) is 0 Å². The van der Waals surface area contributed by atoms with Crippen LogP contribution in [0.4, 0.5) is 0 Å². The Labute approximate surface area is 102 Å². The fourth-order valence-corrected chi connectivity index (χ4v) is 1.84. The summed E-state index contributed by atoms with van der Waals surface area (Å²) in [6, 6.07) is 5.41. The molecule has 0 amide bonds. The van der Waals surface area contributed by atoms with Crippen LogP contribution in [0.15, 0.2) is 18.2 Å². The molecule has 4 N–H and O–H groups in total. The van der Waals surface area contributed by atoms with Crippen LogP contribution in [0, 0.1) is 0 Å². The maximum Gasteiger partial charge on any atom is 0.161 e. The van der Waals surface area contributed by atoms with Crippen molar-refractivity contribution in [3.63, 3.8) is 0 Å². The number of aliphatic hydroxyl groups is 1. The second-order valence-electron chi connectivity index (χ2n) is 4.15. The van der Waals surface area contributed by atoms with Crippen LogP contribution in [0.25, 0.3) is 0 Å². The number of nitrogens with two attached hydrogens (primary N) is 1. The number of aliphatic hydroxyl groups excluding tert-OH is 1. The van der Waals surface area contributed by atoms with Crippen molar-refractivity contribution in [2.45, 2.75) is 32.3 Å². The molecule has 1 rings (SSSR count). The summed E-state index contributed by atoms with van der Waals surface area (Å²) in [5.74, 6) is 0.680. The van der Waals surface area contributed by atoms with E-state index in [4.69, 9.17) is 10.5 Å². The molecule has 0 aliphatic rings. The minimum absolute atomic E-state index is 0.0361. The number of para-hydroxylation sites is 1. The Balaban J connectivity index is 2.86. The number of aromatic hydroxyl groups is 1. The van der Waals surface area contributed by atoms with Gasteiger partial charge in [0.1, 0.15) is 0 Å². The van der Waals surface area contributed by atoms with Crippen molar-refractivity contribution in [3.05, 3.63) is 23.8 Å². The van der Waals surface area contributed by atoms with Crippen LogP contribution >= 0.6 is 0 Å². The van der Waals surface area contributed by atoms with Gasteiger partial charge in [0.2, 0.25) is 0 Å². The summed E-state index contributed by atoms with van der Waals surface area (Å²) in [6.07, 6.45) is -0.0141. The lowest BCUT2D eigenvalue weighted by Crippen LogP contribution is -2.21. The van der Waals surface area contributed by atoms with Gasteiger partial charge in [-0.15, -0.1) is 0 Å². The quantitative estimate of drug-likeness (QED) is 0.705. The van der Waals surface area contributed by atoms with E-state index in [1.807, 2.05) is 26.0 Å². The summed E-state index contributed by atoms with van der Waals surface area (Å²) in [5.41, 5.74) is 6.16. The standard InChI is InChI=1S/C13H21NO3/c1-3-17-12-6-4-5-11(13(12)16)9(2)7-10(15)8-14/h4-6,9-10,15-16H,3,7-8,14H2,1-2H3. The highest BCUT2D eigenvalue weighted by Crippen LogP contribution is 2.36. The molecule has 1 aromatic rings. The van der Waals surface area contributed by atoms with Gasteiger partial charge in [-0.25, -0.2) is 0 Å². The Morgan fingerprint density at radius 1 is 1.41 bits per heavy atom. The first kappa shape index (κ1) is 13.8. The molecule has 0 fully saturated rings. The summed E-state index contributed by atoms with van der Waals surface area (Å²) < 4.78 is 5.32. The van der Waals surface area contributed by atoms with Crippen molar-refractivity contribution in [2.75, 3.05) is 13.2 Å². The molecule has 0 aliphatic carbocycles.